The summed E-state index contributed by atoms with van der Waals surface area (Å²) >= 11 is 0. The Morgan fingerprint density at radius 2 is 2.00 bits per heavy atom. The van der Waals surface area contributed by atoms with Crippen LogP contribution in [0.4, 0.5) is 5.82 Å². The number of rotatable bonds is 3. The molecule has 0 radical (unpaired) electrons. The Kier molecular flexibility index (Phi) is 2.81. The van der Waals surface area contributed by atoms with Gasteiger partial charge in [0.05, 0.1) is 5.56 Å². The molecule has 17 heavy (non-hydrogen) atoms. The fourth-order valence-corrected chi connectivity index (χ4v) is 2.50. The Balaban J connectivity index is 1.70. The highest BCUT2D eigenvalue weighted by Gasteiger charge is 2.31. The number of carbonyl (C=O) groups is 1. The normalized spacial score (nSPS) is 21.5. The van der Waals surface area contributed by atoms with Gasteiger partial charge in [0.2, 0.25) is 0 Å². The predicted molar refractivity (Wildman–Crippen MR) is 66.4 cm³/mol. The number of hydrogen-bond donors (Lipinski definition) is 0. The standard InChI is InChI=1S/C13H17N3O/c17-10-11-2-1-5-14-13(11)16-8-6-15(7-9-16)12-3-4-12/h1-2,5,10,12H,3-4,6-9H2. The Hall–Kier alpha value is -1.42. The molecule has 0 unspecified atom stereocenters. The molecule has 0 amide bonds. The number of aldehydes is 1. The van der Waals surface area contributed by atoms with Crippen LogP contribution in [-0.2, 0) is 0 Å². The average Bonchev–Trinajstić information content (AvgIpc) is 3.23. The van der Waals surface area contributed by atoms with E-state index in [-0.39, 0.29) is 0 Å². The summed E-state index contributed by atoms with van der Waals surface area (Å²) in [7, 11) is 0. The zero-order valence-electron chi connectivity index (χ0n) is 9.88. The topological polar surface area (TPSA) is 36.4 Å². The fraction of sp³-hybridized carbons (Fsp3) is 0.538. The second-order valence-corrected chi connectivity index (χ2v) is 4.79. The maximum absolute atomic E-state index is 11.0. The van der Waals surface area contributed by atoms with Gasteiger partial charge in [-0.05, 0) is 25.0 Å². The first-order valence-corrected chi connectivity index (χ1v) is 6.27. The van der Waals surface area contributed by atoms with Crippen LogP contribution in [-0.4, -0.2) is 48.4 Å². The lowest BCUT2D eigenvalue weighted by atomic mass is 10.2. The van der Waals surface area contributed by atoms with Crippen molar-refractivity contribution in [2.45, 2.75) is 18.9 Å². The number of anilines is 1. The summed E-state index contributed by atoms with van der Waals surface area (Å²) < 4.78 is 0. The molecule has 1 saturated heterocycles. The SMILES string of the molecule is O=Cc1cccnc1N1CCN(C2CC2)CC1. The number of hydrogen-bond acceptors (Lipinski definition) is 4. The second kappa shape index (κ2) is 4.45. The first-order valence-electron chi connectivity index (χ1n) is 6.27. The van der Waals surface area contributed by atoms with E-state index in [2.05, 4.69) is 14.8 Å². The van der Waals surface area contributed by atoms with Crippen molar-refractivity contribution < 1.29 is 4.79 Å². The van der Waals surface area contributed by atoms with E-state index in [4.69, 9.17) is 0 Å². The van der Waals surface area contributed by atoms with E-state index in [1.54, 1.807) is 6.20 Å². The van der Waals surface area contributed by atoms with Gasteiger partial charge in [-0.2, -0.15) is 0 Å². The molecule has 2 aliphatic rings. The van der Waals surface area contributed by atoms with Crippen LogP contribution in [0.5, 0.6) is 0 Å². The quantitative estimate of drug-likeness (QED) is 0.732. The largest absolute Gasteiger partial charge is 0.353 e. The minimum Gasteiger partial charge on any atom is -0.353 e. The summed E-state index contributed by atoms with van der Waals surface area (Å²) in [6, 6.07) is 4.49. The number of carbonyl (C=O) groups excluding carboxylic acids is 1. The smallest absolute Gasteiger partial charge is 0.153 e. The molecular formula is C13H17N3O. The Bertz CT molecular complexity index is 409. The van der Waals surface area contributed by atoms with E-state index in [0.29, 0.717) is 5.56 Å². The van der Waals surface area contributed by atoms with Gasteiger partial charge in [-0.3, -0.25) is 9.69 Å². The van der Waals surface area contributed by atoms with Crippen molar-refractivity contribution in [3.05, 3.63) is 23.9 Å². The first kappa shape index (κ1) is 10.7. The van der Waals surface area contributed by atoms with E-state index >= 15 is 0 Å². The van der Waals surface area contributed by atoms with Crippen LogP contribution < -0.4 is 4.90 Å². The molecule has 1 aromatic rings. The van der Waals surface area contributed by atoms with Crippen LogP contribution in [0.1, 0.15) is 23.2 Å². The molecule has 0 N–H and O–H groups in total. The van der Waals surface area contributed by atoms with Crippen LogP contribution in [0, 0.1) is 0 Å². The van der Waals surface area contributed by atoms with Crippen LogP contribution >= 0.6 is 0 Å². The van der Waals surface area contributed by atoms with Gasteiger partial charge in [0.15, 0.2) is 6.29 Å². The van der Waals surface area contributed by atoms with Crippen molar-refractivity contribution in [1.82, 2.24) is 9.88 Å². The first-order chi connectivity index (χ1) is 8.38. The van der Waals surface area contributed by atoms with Crippen LogP contribution in [0.15, 0.2) is 18.3 Å². The summed E-state index contributed by atoms with van der Waals surface area (Å²) in [5.74, 6) is 0.845. The van der Waals surface area contributed by atoms with E-state index in [9.17, 15) is 4.79 Å². The summed E-state index contributed by atoms with van der Waals surface area (Å²) in [5.41, 5.74) is 0.701. The van der Waals surface area contributed by atoms with Crippen LogP contribution in [0.25, 0.3) is 0 Å². The third-order valence-corrected chi connectivity index (χ3v) is 3.62. The molecule has 0 bridgehead atoms. The monoisotopic (exact) mass is 231 g/mol. The van der Waals surface area contributed by atoms with Gasteiger partial charge in [-0.15, -0.1) is 0 Å². The van der Waals surface area contributed by atoms with Crippen molar-refractivity contribution in [3.8, 4) is 0 Å². The predicted octanol–water partition coefficient (Wildman–Crippen LogP) is 1.18. The highest BCUT2D eigenvalue weighted by Crippen LogP contribution is 2.28. The van der Waals surface area contributed by atoms with Gasteiger partial charge >= 0.3 is 0 Å². The third kappa shape index (κ3) is 2.17. The zero-order valence-corrected chi connectivity index (χ0v) is 9.88. The van der Waals surface area contributed by atoms with E-state index < -0.39 is 0 Å². The van der Waals surface area contributed by atoms with E-state index in [1.807, 2.05) is 12.1 Å². The van der Waals surface area contributed by atoms with Gasteiger partial charge in [-0.25, -0.2) is 4.98 Å². The minimum atomic E-state index is 0.701. The van der Waals surface area contributed by atoms with Gasteiger partial charge in [0.25, 0.3) is 0 Å². The molecule has 0 atom stereocenters. The molecule has 3 rings (SSSR count). The molecule has 4 heteroatoms. The van der Waals surface area contributed by atoms with Crippen molar-refractivity contribution in [1.29, 1.82) is 0 Å². The second-order valence-electron chi connectivity index (χ2n) is 4.79. The average molecular weight is 231 g/mol. The molecule has 2 heterocycles. The zero-order chi connectivity index (χ0) is 11.7. The number of piperazine rings is 1. The maximum Gasteiger partial charge on any atom is 0.153 e. The molecule has 2 fully saturated rings. The molecule has 1 aliphatic carbocycles. The van der Waals surface area contributed by atoms with Crippen molar-refractivity contribution in [2.75, 3.05) is 31.1 Å². The van der Waals surface area contributed by atoms with Gasteiger partial charge < -0.3 is 4.90 Å². The fourth-order valence-electron chi connectivity index (χ4n) is 2.50. The van der Waals surface area contributed by atoms with Gasteiger partial charge in [-0.1, -0.05) is 0 Å². The molecule has 1 aliphatic heterocycles. The third-order valence-electron chi connectivity index (χ3n) is 3.62. The lowest BCUT2D eigenvalue weighted by molar-refractivity contribution is 0.112. The van der Waals surface area contributed by atoms with Crippen LogP contribution in [0.3, 0.4) is 0 Å². The molecule has 0 spiro atoms. The summed E-state index contributed by atoms with van der Waals surface area (Å²) in [6.07, 6.45) is 5.39. The molecule has 90 valence electrons. The maximum atomic E-state index is 11.0. The van der Waals surface area contributed by atoms with Gasteiger partial charge in [0, 0.05) is 38.4 Å². The van der Waals surface area contributed by atoms with E-state index in [0.717, 1.165) is 44.3 Å². The molecule has 0 aromatic carbocycles. The summed E-state index contributed by atoms with van der Waals surface area (Å²) in [4.78, 5) is 20.1. The molecule has 4 nitrogen and oxygen atoms in total. The van der Waals surface area contributed by atoms with Gasteiger partial charge in [0.1, 0.15) is 5.82 Å². The molecule has 1 aromatic heterocycles. The summed E-state index contributed by atoms with van der Waals surface area (Å²) in [5, 5.41) is 0. The minimum absolute atomic E-state index is 0.701. The van der Waals surface area contributed by atoms with Crippen LogP contribution in [0.2, 0.25) is 0 Å². The Labute approximate surface area is 101 Å². The van der Waals surface area contributed by atoms with E-state index in [1.165, 1.54) is 12.8 Å². The molecular weight excluding hydrogens is 214 g/mol. The Morgan fingerprint density at radius 3 is 2.65 bits per heavy atom. The van der Waals surface area contributed by atoms with Crippen molar-refractivity contribution in [2.24, 2.45) is 0 Å². The highest BCUT2D eigenvalue weighted by atomic mass is 16.1. The highest BCUT2D eigenvalue weighted by molar-refractivity contribution is 5.82. The van der Waals surface area contributed by atoms with Crippen molar-refractivity contribution >= 4 is 12.1 Å². The summed E-state index contributed by atoms with van der Waals surface area (Å²) in [6.45, 7) is 4.15. The number of nitrogens with zero attached hydrogens (tertiary/aromatic N) is 3. The lowest BCUT2D eigenvalue weighted by Gasteiger charge is -2.35. The molecule has 1 saturated carbocycles. The Morgan fingerprint density at radius 1 is 1.24 bits per heavy atom. The number of pyridine rings is 1. The number of aromatic nitrogens is 1. The lowest BCUT2D eigenvalue weighted by Crippen LogP contribution is -2.47. The van der Waals surface area contributed by atoms with Crippen molar-refractivity contribution in [3.63, 3.8) is 0 Å².